The Balaban J connectivity index is 2.51. The van der Waals surface area contributed by atoms with Crippen LogP contribution in [0.2, 0.25) is 0 Å². The van der Waals surface area contributed by atoms with Crippen LogP contribution in [0, 0.1) is 11.8 Å². The third-order valence-corrected chi connectivity index (χ3v) is 2.31. The van der Waals surface area contributed by atoms with Gasteiger partial charge in [0.25, 0.3) is 0 Å². The van der Waals surface area contributed by atoms with E-state index in [1.165, 1.54) is 5.57 Å². The van der Waals surface area contributed by atoms with E-state index in [0.29, 0.717) is 12.5 Å². The van der Waals surface area contributed by atoms with Crippen molar-refractivity contribution in [2.45, 2.75) is 27.2 Å². The molecule has 0 saturated carbocycles. The minimum Gasteiger partial charge on any atom is -0.466 e. The number of rotatable bonds is 2. The first-order valence-corrected chi connectivity index (χ1v) is 4.49. The molecular weight excluding hydrogens is 152 g/mol. The van der Waals surface area contributed by atoms with Crippen LogP contribution in [0.5, 0.6) is 0 Å². The maximum absolute atomic E-state index is 11.3. The van der Waals surface area contributed by atoms with Crippen molar-refractivity contribution in [3.8, 4) is 0 Å². The number of hydrogen-bond donors (Lipinski definition) is 0. The summed E-state index contributed by atoms with van der Waals surface area (Å²) in [5, 5.41) is 0. The van der Waals surface area contributed by atoms with Crippen LogP contribution in [0.25, 0.3) is 0 Å². The van der Waals surface area contributed by atoms with Gasteiger partial charge >= 0.3 is 5.97 Å². The molecule has 0 fully saturated rings. The van der Waals surface area contributed by atoms with Gasteiger partial charge in [-0.05, 0) is 26.2 Å². The van der Waals surface area contributed by atoms with Crippen molar-refractivity contribution in [1.82, 2.24) is 0 Å². The highest BCUT2D eigenvalue weighted by molar-refractivity contribution is 5.74. The van der Waals surface area contributed by atoms with Gasteiger partial charge in [-0.15, -0.1) is 0 Å². The summed E-state index contributed by atoms with van der Waals surface area (Å²) < 4.78 is 4.97. The lowest BCUT2D eigenvalue weighted by molar-refractivity contribution is -0.148. The van der Waals surface area contributed by atoms with Crippen LogP contribution in [-0.4, -0.2) is 12.6 Å². The summed E-state index contributed by atoms with van der Waals surface area (Å²) in [6, 6.07) is 0. The Morgan fingerprint density at radius 3 is 2.83 bits per heavy atom. The van der Waals surface area contributed by atoms with E-state index in [9.17, 15) is 4.79 Å². The number of carbonyl (C=O) groups is 1. The predicted octanol–water partition coefficient (Wildman–Crippen LogP) is 2.15. The molecule has 1 rings (SSSR count). The molecule has 0 bridgehead atoms. The molecule has 0 heterocycles. The summed E-state index contributed by atoms with van der Waals surface area (Å²) in [6.07, 6.45) is 3.03. The van der Waals surface area contributed by atoms with Gasteiger partial charge in [-0.2, -0.15) is 0 Å². The van der Waals surface area contributed by atoms with Gasteiger partial charge in [-0.3, -0.25) is 4.79 Å². The quantitative estimate of drug-likeness (QED) is 0.466. The fraction of sp³-hybridized carbons (Fsp3) is 0.700. The summed E-state index contributed by atoms with van der Waals surface area (Å²) in [7, 11) is 0. The number of esters is 1. The highest BCUT2D eigenvalue weighted by atomic mass is 16.5. The average molecular weight is 168 g/mol. The van der Waals surface area contributed by atoms with Crippen molar-refractivity contribution in [1.29, 1.82) is 0 Å². The molecule has 12 heavy (non-hydrogen) atoms. The number of ether oxygens (including phenoxy) is 1. The van der Waals surface area contributed by atoms with E-state index in [4.69, 9.17) is 4.74 Å². The number of allylic oxidation sites excluding steroid dienone is 2. The molecular formula is C10H16O2. The topological polar surface area (TPSA) is 26.3 Å². The van der Waals surface area contributed by atoms with Crippen LogP contribution in [-0.2, 0) is 9.53 Å². The molecule has 0 amide bonds. The normalized spacial score (nSPS) is 28.4. The Hall–Kier alpha value is -0.790. The van der Waals surface area contributed by atoms with Gasteiger partial charge in [0.05, 0.1) is 12.5 Å². The fourth-order valence-electron chi connectivity index (χ4n) is 1.71. The van der Waals surface area contributed by atoms with Gasteiger partial charge in [-0.1, -0.05) is 18.6 Å². The molecule has 2 heteroatoms. The lowest BCUT2D eigenvalue weighted by atomic mass is 9.97. The zero-order valence-corrected chi connectivity index (χ0v) is 7.96. The zero-order chi connectivity index (χ0) is 9.14. The molecule has 2 atom stereocenters. The molecule has 0 saturated heterocycles. The van der Waals surface area contributed by atoms with Crippen molar-refractivity contribution >= 4 is 5.97 Å². The van der Waals surface area contributed by atoms with Crippen molar-refractivity contribution < 1.29 is 9.53 Å². The molecule has 0 radical (unpaired) electrons. The van der Waals surface area contributed by atoms with Gasteiger partial charge in [0.1, 0.15) is 0 Å². The third-order valence-electron chi connectivity index (χ3n) is 2.31. The summed E-state index contributed by atoms with van der Waals surface area (Å²) in [4.78, 5) is 11.3. The Labute approximate surface area is 73.6 Å². The summed E-state index contributed by atoms with van der Waals surface area (Å²) in [5.74, 6) is 0.382. The first kappa shape index (κ1) is 9.30. The Morgan fingerprint density at radius 1 is 1.75 bits per heavy atom. The molecule has 0 N–H and O–H groups in total. The van der Waals surface area contributed by atoms with Crippen molar-refractivity contribution in [2.24, 2.45) is 11.8 Å². The molecule has 0 spiro atoms. The maximum atomic E-state index is 11.3. The van der Waals surface area contributed by atoms with Gasteiger partial charge in [0.15, 0.2) is 0 Å². The first-order valence-electron chi connectivity index (χ1n) is 4.49. The predicted molar refractivity (Wildman–Crippen MR) is 47.7 cm³/mol. The maximum Gasteiger partial charge on any atom is 0.309 e. The fourth-order valence-corrected chi connectivity index (χ4v) is 1.71. The number of hydrogen-bond acceptors (Lipinski definition) is 2. The molecule has 1 aliphatic carbocycles. The largest absolute Gasteiger partial charge is 0.466 e. The van der Waals surface area contributed by atoms with Crippen LogP contribution in [0.1, 0.15) is 27.2 Å². The monoisotopic (exact) mass is 168 g/mol. The lowest BCUT2D eigenvalue weighted by Crippen LogP contribution is -2.20. The van der Waals surface area contributed by atoms with E-state index in [2.05, 4.69) is 19.9 Å². The van der Waals surface area contributed by atoms with E-state index in [1.807, 2.05) is 6.92 Å². The van der Waals surface area contributed by atoms with E-state index < -0.39 is 0 Å². The molecule has 2 nitrogen and oxygen atoms in total. The molecule has 0 aromatic heterocycles. The summed E-state index contributed by atoms with van der Waals surface area (Å²) in [6.45, 7) is 6.46. The highest BCUT2D eigenvalue weighted by Gasteiger charge is 2.29. The van der Waals surface area contributed by atoms with E-state index >= 15 is 0 Å². The summed E-state index contributed by atoms with van der Waals surface area (Å²) >= 11 is 0. The summed E-state index contributed by atoms with van der Waals surface area (Å²) in [5.41, 5.74) is 1.31. The van der Waals surface area contributed by atoms with Gasteiger partial charge in [-0.25, -0.2) is 0 Å². The third kappa shape index (κ3) is 1.87. The molecule has 0 aliphatic heterocycles. The second-order valence-electron chi connectivity index (χ2n) is 3.43. The molecule has 68 valence electrons. The van der Waals surface area contributed by atoms with Crippen molar-refractivity contribution in [3.63, 3.8) is 0 Å². The van der Waals surface area contributed by atoms with Crippen LogP contribution < -0.4 is 0 Å². The lowest BCUT2D eigenvalue weighted by Gasteiger charge is -2.12. The Bertz CT molecular complexity index is 206. The smallest absolute Gasteiger partial charge is 0.309 e. The molecule has 1 unspecified atom stereocenters. The van der Waals surface area contributed by atoms with E-state index in [1.54, 1.807) is 0 Å². The molecule has 0 aromatic carbocycles. The van der Waals surface area contributed by atoms with Gasteiger partial charge in [0.2, 0.25) is 0 Å². The standard InChI is InChI=1S/C10H16O2/c1-4-12-10(11)9-6-7(2)5-8(9)3/h5,8-9H,4,6H2,1-3H3/t8-,9?/m0/s1. The van der Waals surface area contributed by atoms with Crippen molar-refractivity contribution in [3.05, 3.63) is 11.6 Å². The first-order chi connectivity index (χ1) is 5.65. The highest BCUT2D eigenvalue weighted by Crippen LogP contribution is 2.30. The average Bonchev–Trinajstić information content (AvgIpc) is 2.30. The second kappa shape index (κ2) is 3.74. The van der Waals surface area contributed by atoms with Crippen LogP contribution >= 0.6 is 0 Å². The zero-order valence-electron chi connectivity index (χ0n) is 7.96. The minimum absolute atomic E-state index is 0.0434. The molecule has 1 aliphatic rings. The van der Waals surface area contributed by atoms with Crippen LogP contribution in [0.3, 0.4) is 0 Å². The Morgan fingerprint density at radius 2 is 2.42 bits per heavy atom. The SMILES string of the molecule is CCOC(=O)C1CC(C)=C[C@@H]1C. The van der Waals surface area contributed by atoms with E-state index in [0.717, 1.165) is 6.42 Å². The van der Waals surface area contributed by atoms with Crippen molar-refractivity contribution in [2.75, 3.05) is 6.61 Å². The van der Waals surface area contributed by atoms with Gasteiger partial charge < -0.3 is 4.74 Å². The minimum atomic E-state index is -0.0434. The second-order valence-corrected chi connectivity index (χ2v) is 3.43. The molecule has 0 aromatic rings. The Kier molecular flexibility index (Phi) is 2.90. The van der Waals surface area contributed by atoms with Gasteiger partial charge in [0, 0.05) is 0 Å². The van der Waals surface area contributed by atoms with Crippen LogP contribution in [0.4, 0.5) is 0 Å². The van der Waals surface area contributed by atoms with E-state index in [-0.39, 0.29) is 11.9 Å². The number of carbonyl (C=O) groups excluding carboxylic acids is 1. The van der Waals surface area contributed by atoms with Crippen LogP contribution in [0.15, 0.2) is 11.6 Å².